The number of rotatable bonds is 2. The number of fused-ring (bicyclic) bond motifs is 6. The minimum atomic E-state index is -0.0940. The van der Waals surface area contributed by atoms with Crippen molar-refractivity contribution >= 4 is 5.78 Å². The molecule has 27 heavy (non-hydrogen) atoms. The molecule has 0 aliphatic heterocycles. The summed E-state index contributed by atoms with van der Waals surface area (Å²) in [7, 11) is 0. The molecule has 0 spiro atoms. The number of carbonyl (C=O) groups is 1. The molecule has 0 bridgehead atoms. The van der Waals surface area contributed by atoms with Gasteiger partial charge in [0.2, 0.25) is 0 Å². The number of aliphatic hydroxyl groups is 1. The number of furan rings is 1. The lowest BCUT2D eigenvalue weighted by Crippen LogP contribution is -2.54. The van der Waals surface area contributed by atoms with Gasteiger partial charge >= 0.3 is 0 Å². The van der Waals surface area contributed by atoms with Crippen molar-refractivity contribution in [1.29, 1.82) is 0 Å². The summed E-state index contributed by atoms with van der Waals surface area (Å²) in [6, 6.07) is 2.05. The van der Waals surface area contributed by atoms with Crippen molar-refractivity contribution in [3.8, 4) is 0 Å². The summed E-state index contributed by atoms with van der Waals surface area (Å²) in [5.74, 6) is 4.70. The van der Waals surface area contributed by atoms with E-state index < -0.39 is 0 Å². The van der Waals surface area contributed by atoms with Crippen LogP contribution >= 0.6 is 0 Å². The van der Waals surface area contributed by atoms with Gasteiger partial charge in [0, 0.05) is 12.8 Å². The first kappa shape index (κ1) is 18.0. The molecule has 3 fully saturated rings. The highest BCUT2D eigenvalue weighted by molar-refractivity contribution is 5.93. The summed E-state index contributed by atoms with van der Waals surface area (Å²) in [6.07, 6.45) is 9.74. The zero-order chi connectivity index (χ0) is 19.0. The lowest BCUT2D eigenvalue weighted by Gasteiger charge is -2.59. The molecule has 1 aromatic heterocycles. The molecule has 0 unspecified atom stereocenters. The second-order valence-corrected chi connectivity index (χ2v) is 10.5. The monoisotopic (exact) mass is 370 g/mol. The van der Waals surface area contributed by atoms with Crippen LogP contribution in [0.3, 0.4) is 0 Å². The molecule has 148 valence electrons. The predicted octanol–water partition coefficient (Wildman–Crippen LogP) is 5.19. The van der Waals surface area contributed by atoms with Crippen LogP contribution in [0.4, 0.5) is 0 Å². The number of hydrogen-bond acceptors (Lipinski definition) is 3. The Bertz CT molecular complexity index is 764. The fraction of sp³-hybridized carbons (Fsp3) is 0.792. The third-order valence-corrected chi connectivity index (χ3v) is 9.51. The van der Waals surface area contributed by atoms with E-state index in [1.807, 2.05) is 6.92 Å². The van der Waals surface area contributed by atoms with Gasteiger partial charge in [0.1, 0.15) is 5.76 Å². The van der Waals surface area contributed by atoms with E-state index in [1.54, 1.807) is 0 Å². The van der Waals surface area contributed by atoms with E-state index in [1.165, 1.54) is 37.7 Å². The number of hydrogen-bond donors (Lipinski definition) is 1. The molecule has 0 saturated heterocycles. The van der Waals surface area contributed by atoms with Crippen LogP contribution in [0.15, 0.2) is 10.5 Å². The van der Waals surface area contributed by atoms with Gasteiger partial charge in [-0.3, -0.25) is 4.79 Å². The number of carbonyl (C=O) groups excluding carboxylic acids is 1. The Morgan fingerprint density at radius 3 is 2.70 bits per heavy atom. The highest BCUT2D eigenvalue weighted by Crippen LogP contribution is 2.65. The van der Waals surface area contributed by atoms with Gasteiger partial charge in [0.05, 0.1) is 6.10 Å². The summed E-state index contributed by atoms with van der Waals surface area (Å²) in [6.45, 7) is 6.79. The fourth-order valence-corrected chi connectivity index (χ4v) is 7.85. The molecule has 4 aliphatic rings. The first-order chi connectivity index (χ1) is 12.9. The quantitative estimate of drug-likeness (QED) is 0.729. The van der Waals surface area contributed by atoms with Gasteiger partial charge < -0.3 is 9.52 Å². The van der Waals surface area contributed by atoms with E-state index in [-0.39, 0.29) is 17.3 Å². The Balaban J connectivity index is 1.46. The first-order valence-corrected chi connectivity index (χ1v) is 11.2. The van der Waals surface area contributed by atoms with Crippen LogP contribution in [-0.2, 0) is 12.8 Å². The van der Waals surface area contributed by atoms with Crippen molar-refractivity contribution < 1.29 is 14.3 Å². The van der Waals surface area contributed by atoms with Crippen LogP contribution in [-0.4, -0.2) is 17.0 Å². The molecule has 4 aliphatic carbocycles. The van der Waals surface area contributed by atoms with E-state index in [2.05, 4.69) is 19.9 Å². The summed E-state index contributed by atoms with van der Waals surface area (Å²) >= 11 is 0. The highest BCUT2D eigenvalue weighted by Gasteiger charge is 2.60. The minimum Gasteiger partial charge on any atom is -0.458 e. The Hall–Kier alpha value is -1.09. The van der Waals surface area contributed by atoms with Crippen molar-refractivity contribution in [1.82, 2.24) is 0 Å². The lowest BCUT2D eigenvalue weighted by molar-refractivity contribution is -0.112. The van der Waals surface area contributed by atoms with Crippen LogP contribution in [0, 0.1) is 34.5 Å². The lowest BCUT2D eigenvalue weighted by atomic mass is 9.45. The molecule has 3 heteroatoms. The normalized spacial score (nSPS) is 45.6. The fourth-order valence-electron chi connectivity index (χ4n) is 7.85. The van der Waals surface area contributed by atoms with Crippen LogP contribution < -0.4 is 0 Å². The Morgan fingerprint density at radius 2 is 1.93 bits per heavy atom. The average Bonchev–Trinajstić information content (AvgIpc) is 3.19. The van der Waals surface area contributed by atoms with Crippen LogP contribution in [0.2, 0.25) is 0 Å². The van der Waals surface area contributed by atoms with Crippen molar-refractivity contribution in [2.45, 2.75) is 84.7 Å². The van der Waals surface area contributed by atoms with Gasteiger partial charge in [-0.1, -0.05) is 20.8 Å². The minimum absolute atomic E-state index is 0.0940. The Kier molecular flexibility index (Phi) is 3.96. The van der Waals surface area contributed by atoms with Crippen LogP contribution in [0.5, 0.6) is 0 Å². The maximum absolute atomic E-state index is 12.1. The first-order valence-electron chi connectivity index (χ1n) is 11.2. The Morgan fingerprint density at radius 1 is 1.15 bits per heavy atom. The molecule has 0 radical (unpaired) electrons. The number of ketones is 1. The predicted molar refractivity (Wildman–Crippen MR) is 105 cm³/mol. The maximum atomic E-state index is 12.1. The summed E-state index contributed by atoms with van der Waals surface area (Å²) in [5, 5.41) is 10.6. The van der Waals surface area contributed by atoms with Gasteiger partial charge in [-0.2, -0.15) is 0 Å². The van der Waals surface area contributed by atoms with Gasteiger partial charge in [-0.05, 0) is 91.1 Å². The molecule has 3 saturated carbocycles. The van der Waals surface area contributed by atoms with E-state index in [4.69, 9.17) is 4.42 Å². The smallest absolute Gasteiger partial charge is 0.197 e. The molecule has 0 aromatic carbocycles. The van der Waals surface area contributed by atoms with Gasteiger partial charge in [-0.15, -0.1) is 0 Å². The van der Waals surface area contributed by atoms with E-state index in [0.717, 1.165) is 36.9 Å². The molecule has 1 heterocycles. The topological polar surface area (TPSA) is 50.4 Å². The maximum Gasteiger partial charge on any atom is 0.197 e. The largest absolute Gasteiger partial charge is 0.458 e. The molecule has 5 rings (SSSR count). The molecular formula is C24H34O3. The zero-order valence-electron chi connectivity index (χ0n) is 17.1. The Labute approximate surface area is 162 Å². The standard InChI is InChI=1S/C24H34O3/c1-4-19(25)21-11-14-13-24(3)15(12-20(14)27-21)5-6-16-17-7-8-22(26)23(17,2)10-9-18(16)24/h11,15-18,22,26H,4-10,12-13H2,1-3H3/t15-,16-,17-,18-,22-,23-,24-/m0/s1. The van der Waals surface area contributed by atoms with Gasteiger partial charge in [0.15, 0.2) is 11.5 Å². The van der Waals surface area contributed by atoms with Crippen LogP contribution in [0.25, 0.3) is 0 Å². The average molecular weight is 371 g/mol. The van der Waals surface area contributed by atoms with Crippen LogP contribution in [0.1, 0.15) is 87.6 Å². The summed E-state index contributed by atoms with van der Waals surface area (Å²) < 4.78 is 6.01. The van der Waals surface area contributed by atoms with E-state index in [0.29, 0.717) is 29.4 Å². The van der Waals surface area contributed by atoms with Crippen molar-refractivity contribution in [2.24, 2.45) is 34.5 Å². The SMILES string of the molecule is CCC(=O)c1cc2c(o1)C[C@@H]1CC[C@@H]3[C@H](CC[C@]4(C)[C@@H](O)CC[C@@H]34)[C@@]1(C)C2. The van der Waals surface area contributed by atoms with E-state index in [9.17, 15) is 9.90 Å². The molecule has 1 N–H and O–H groups in total. The molecule has 3 nitrogen and oxygen atoms in total. The third-order valence-electron chi connectivity index (χ3n) is 9.51. The number of aliphatic hydroxyl groups excluding tert-OH is 1. The number of Topliss-reactive ketones (excluding diaryl/α,β-unsaturated/α-hetero) is 1. The third kappa shape index (κ3) is 2.39. The molecule has 7 atom stereocenters. The van der Waals surface area contributed by atoms with Gasteiger partial charge in [-0.25, -0.2) is 0 Å². The summed E-state index contributed by atoms with van der Waals surface area (Å²) in [5.41, 5.74) is 1.77. The highest BCUT2D eigenvalue weighted by atomic mass is 16.3. The second-order valence-electron chi connectivity index (χ2n) is 10.5. The summed E-state index contributed by atoms with van der Waals surface area (Å²) in [4.78, 5) is 12.1. The van der Waals surface area contributed by atoms with Gasteiger partial charge in [0.25, 0.3) is 0 Å². The molecular weight excluding hydrogens is 336 g/mol. The van der Waals surface area contributed by atoms with Crippen molar-refractivity contribution in [3.63, 3.8) is 0 Å². The zero-order valence-corrected chi connectivity index (χ0v) is 17.1. The van der Waals surface area contributed by atoms with Crippen molar-refractivity contribution in [2.75, 3.05) is 0 Å². The second kappa shape index (κ2) is 5.95. The molecule has 1 aromatic rings. The van der Waals surface area contributed by atoms with Crippen molar-refractivity contribution in [3.05, 3.63) is 23.2 Å². The van der Waals surface area contributed by atoms with E-state index >= 15 is 0 Å². The molecule has 0 amide bonds.